The Bertz CT molecular complexity index is 712. The summed E-state index contributed by atoms with van der Waals surface area (Å²) in [5.41, 5.74) is 1.09. The molecule has 1 aliphatic heterocycles. The molecule has 2 atom stereocenters. The lowest BCUT2D eigenvalue weighted by Gasteiger charge is -2.26. The van der Waals surface area contributed by atoms with E-state index in [-0.39, 0.29) is 11.7 Å². The zero-order valence-corrected chi connectivity index (χ0v) is 13.5. The first kappa shape index (κ1) is 14.7. The number of likely N-dealkylation sites (tertiary alicyclic amines) is 1. The third kappa shape index (κ3) is 3.10. The molecule has 124 valence electrons. The summed E-state index contributed by atoms with van der Waals surface area (Å²) in [7, 11) is 1.95. The maximum atomic E-state index is 11.4. The number of aromatic amines is 2. The maximum Gasteiger partial charge on any atom is 0.340 e. The van der Waals surface area contributed by atoms with E-state index in [4.69, 9.17) is 0 Å². The van der Waals surface area contributed by atoms with Crippen LogP contribution < -0.4 is 5.69 Å². The summed E-state index contributed by atoms with van der Waals surface area (Å²) < 4.78 is 1.85. The summed E-state index contributed by atoms with van der Waals surface area (Å²) in [6.45, 7) is 2.14. The van der Waals surface area contributed by atoms with Gasteiger partial charge in [0, 0.05) is 13.2 Å². The largest absolute Gasteiger partial charge is 0.340 e. The fourth-order valence-corrected chi connectivity index (χ4v) is 4.04. The number of hydrogen-bond donors (Lipinski definition) is 2. The van der Waals surface area contributed by atoms with Crippen LogP contribution in [0.25, 0.3) is 0 Å². The minimum Gasteiger partial charge on any atom is -0.293 e. The van der Waals surface area contributed by atoms with Gasteiger partial charge >= 0.3 is 5.69 Å². The van der Waals surface area contributed by atoms with Gasteiger partial charge in [0.25, 0.3) is 0 Å². The Morgan fingerprint density at radius 3 is 2.87 bits per heavy atom. The standard InChI is InChI=1S/C16H24N6O/c1-21-10-11(9-17-21)3-2-7-22-8-6-13(12-4-5-12)14(22)15-18-16(23)20-19-15/h9-10,12-14H,2-8H2,1H3,(H2,18,19,20,23). The van der Waals surface area contributed by atoms with Crippen LogP contribution in [0.1, 0.15) is 43.1 Å². The van der Waals surface area contributed by atoms with Crippen LogP contribution in [0.3, 0.4) is 0 Å². The molecule has 2 aromatic rings. The summed E-state index contributed by atoms with van der Waals surface area (Å²) in [5, 5.41) is 11.0. The lowest BCUT2D eigenvalue weighted by Crippen LogP contribution is -2.28. The summed E-state index contributed by atoms with van der Waals surface area (Å²) in [5.74, 6) is 2.29. The third-order valence-electron chi connectivity index (χ3n) is 5.24. The Hall–Kier alpha value is -1.89. The van der Waals surface area contributed by atoms with E-state index >= 15 is 0 Å². The van der Waals surface area contributed by atoms with Crippen LogP contribution in [0.4, 0.5) is 0 Å². The van der Waals surface area contributed by atoms with Crippen LogP contribution in [0.2, 0.25) is 0 Å². The highest BCUT2D eigenvalue weighted by molar-refractivity contribution is 5.06. The Kier molecular flexibility index (Phi) is 3.80. The molecule has 7 heteroatoms. The molecular weight excluding hydrogens is 292 g/mol. The Morgan fingerprint density at radius 2 is 2.22 bits per heavy atom. The van der Waals surface area contributed by atoms with Crippen molar-refractivity contribution in [2.75, 3.05) is 13.1 Å². The smallest absolute Gasteiger partial charge is 0.293 e. The van der Waals surface area contributed by atoms with Crippen LogP contribution in [-0.4, -0.2) is 43.0 Å². The summed E-state index contributed by atoms with van der Waals surface area (Å²) in [4.78, 5) is 16.8. The first-order chi connectivity index (χ1) is 11.2. The molecule has 1 saturated carbocycles. The Labute approximate surface area is 135 Å². The second-order valence-corrected chi connectivity index (χ2v) is 6.96. The van der Waals surface area contributed by atoms with Gasteiger partial charge in [0.05, 0.1) is 12.2 Å². The molecule has 7 nitrogen and oxygen atoms in total. The molecule has 3 heterocycles. The van der Waals surface area contributed by atoms with E-state index in [9.17, 15) is 4.79 Å². The van der Waals surface area contributed by atoms with E-state index in [0.29, 0.717) is 5.92 Å². The van der Waals surface area contributed by atoms with Crippen molar-refractivity contribution < 1.29 is 0 Å². The van der Waals surface area contributed by atoms with Crippen LogP contribution in [0.15, 0.2) is 17.2 Å². The van der Waals surface area contributed by atoms with Crippen molar-refractivity contribution in [2.45, 2.75) is 38.1 Å². The second kappa shape index (κ2) is 5.96. The van der Waals surface area contributed by atoms with Gasteiger partial charge in [-0.15, -0.1) is 0 Å². The molecular formula is C16H24N6O. The van der Waals surface area contributed by atoms with Crippen molar-refractivity contribution >= 4 is 0 Å². The van der Waals surface area contributed by atoms with Crippen LogP contribution in [0.5, 0.6) is 0 Å². The highest BCUT2D eigenvalue weighted by atomic mass is 16.1. The second-order valence-electron chi connectivity index (χ2n) is 6.96. The van der Waals surface area contributed by atoms with Crippen molar-refractivity contribution in [3.8, 4) is 0 Å². The maximum absolute atomic E-state index is 11.4. The quantitative estimate of drug-likeness (QED) is 0.840. The van der Waals surface area contributed by atoms with E-state index in [1.807, 2.05) is 17.9 Å². The first-order valence-electron chi connectivity index (χ1n) is 8.57. The molecule has 0 bridgehead atoms. The molecule has 2 aromatic heterocycles. The van der Waals surface area contributed by atoms with E-state index < -0.39 is 0 Å². The zero-order valence-electron chi connectivity index (χ0n) is 13.5. The normalized spacial score (nSPS) is 25.3. The molecule has 0 spiro atoms. The molecule has 2 unspecified atom stereocenters. The first-order valence-corrected chi connectivity index (χ1v) is 8.57. The lowest BCUT2D eigenvalue weighted by atomic mass is 9.94. The van der Waals surface area contributed by atoms with Gasteiger partial charge < -0.3 is 0 Å². The van der Waals surface area contributed by atoms with Crippen molar-refractivity contribution in [3.63, 3.8) is 0 Å². The summed E-state index contributed by atoms with van der Waals surface area (Å²) in [6.07, 6.45) is 10.1. The number of rotatable bonds is 6. The monoisotopic (exact) mass is 316 g/mol. The Morgan fingerprint density at radius 1 is 1.35 bits per heavy atom. The summed E-state index contributed by atoms with van der Waals surface area (Å²) >= 11 is 0. The minimum absolute atomic E-state index is 0.197. The van der Waals surface area contributed by atoms with E-state index in [1.54, 1.807) is 0 Å². The molecule has 0 amide bonds. The molecule has 0 aromatic carbocycles. The van der Waals surface area contributed by atoms with Crippen LogP contribution in [-0.2, 0) is 13.5 Å². The van der Waals surface area contributed by atoms with Gasteiger partial charge in [-0.1, -0.05) is 0 Å². The van der Waals surface area contributed by atoms with Crippen molar-refractivity contribution in [3.05, 3.63) is 34.3 Å². The highest BCUT2D eigenvalue weighted by Crippen LogP contribution is 2.49. The average Bonchev–Trinajstić information content (AvgIpc) is 2.93. The van der Waals surface area contributed by atoms with Gasteiger partial charge in [0.15, 0.2) is 0 Å². The van der Waals surface area contributed by atoms with Crippen molar-refractivity contribution in [1.29, 1.82) is 0 Å². The lowest BCUT2D eigenvalue weighted by molar-refractivity contribution is 0.207. The molecule has 4 rings (SSSR count). The number of H-pyrrole nitrogens is 2. The van der Waals surface area contributed by atoms with Crippen LogP contribution >= 0.6 is 0 Å². The third-order valence-corrected chi connectivity index (χ3v) is 5.24. The molecule has 0 radical (unpaired) electrons. The predicted molar refractivity (Wildman–Crippen MR) is 85.9 cm³/mol. The SMILES string of the molecule is Cn1cc(CCCN2CCC(C3CC3)C2c2n[nH]c(=O)[nH]2)cn1. The highest BCUT2D eigenvalue weighted by Gasteiger charge is 2.44. The zero-order chi connectivity index (χ0) is 15.8. The molecule has 1 aliphatic carbocycles. The predicted octanol–water partition coefficient (Wildman–Crippen LogP) is 1.24. The van der Waals surface area contributed by atoms with Crippen molar-refractivity contribution in [2.24, 2.45) is 18.9 Å². The molecule has 2 N–H and O–H groups in total. The van der Waals surface area contributed by atoms with Gasteiger partial charge in [0.1, 0.15) is 5.82 Å². The van der Waals surface area contributed by atoms with Gasteiger partial charge in [0.2, 0.25) is 0 Å². The summed E-state index contributed by atoms with van der Waals surface area (Å²) in [6, 6.07) is 0.273. The topological polar surface area (TPSA) is 82.6 Å². The number of hydrogen-bond acceptors (Lipinski definition) is 4. The Balaban J connectivity index is 1.42. The number of nitrogens with zero attached hydrogens (tertiary/aromatic N) is 4. The molecule has 1 saturated heterocycles. The van der Waals surface area contributed by atoms with Gasteiger partial charge in [-0.05, 0) is 62.6 Å². The minimum atomic E-state index is -0.197. The van der Waals surface area contributed by atoms with Crippen molar-refractivity contribution in [1.82, 2.24) is 29.9 Å². The van der Waals surface area contributed by atoms with Gasteiger partial charge in [-0.2, -0.15) is 10.2 Å². The molecule has 2 fully saturated rings. The number of nitrogens with one attached hydrogen (secondary N) is 2. The van der Waals surface area contributed by atoms with E-state index in [0.717, 1.165) is 37.7 Å². The van der Waals surface area contributed by atoms with E-state index in [2.05, 4.69) is 31.4 Å². The van der Waals surface area contributed by atoms with Gasteiger partial charge in [-0.25, -0.2) is 9.89 Å². The number of aromatic nitrogens is 5. The number of aryl methyl sites for hydroxylation is 2. The van der Waals surface area contributed by atoms with E-state index in [1.165, 1.54) is 24.8 Å². The average molecular weight is 316 g/mol. The van der Waals surface area contributed by atoms with Crippen LogP contribution in [0, 0.1) is 11.8 Å². The van der Waals surface area contributed by atoms with Gasteiger partial charge in [-0.3, -0.25) is 14.6 Å². The fraction of sp³-hybridized carbons (Fsp3) is 0.688. The fourth-order valence-electron chi connectivity index (χ4n) is 4.04. The molecule has 2 aliphatic rings. The molecule has 23 heavy (non-hydrogen) atoms.